The van der Waals surface area contributed by atoms with Crippen LogP contribution in [0.25, 0.3) is 0 Å². The Bertz CT molecular complexity index is 326. The van der Waals surface area contributed by atoms with Crippen LogP contribution in [-0.2, 0) is 21.0 Å². The molecule has 0 spiro atoms. The molecule has 0 aliphatic heterocycles. The molecule has 1 aromatic rings. The summed E-state index contributed by atoms with van der Waals surface area (Å²) in [5.74, 6) is -0.196. The van der Waals surface area contributed by atoms with Crippen molar-refractivity contribution < 1.29 is 14.4 Å². The summed E-state index contributed by atoms with van der Waals surface area (Å²) in [6, 6.07) is 9.73. The number of nitrogens with zero attached hydrogens (tertiary/aromatic N) is 1. The first-order chi connectivity index (χ1) is 7.65. The molecule has 1 aromatic carbocycles. The van der Waals surface area contributed by atoms with E-state index < -0.39 is 6.10 Å². The molecule has 1 atom stereocenters. The third-order valence-corrected chi connectivity index (χ3v) is 2.27. The molecule has 0 unspecified atom stereocenters. The Morgan fingerprint density at radius 1 is 1.38 bits per heavy atom. The van der Waals surface area contributed by atoms with E-state index in [9.17, 15) is 4.79 Å². The zero-order chi connectivity index (χ0) is 12.0. The number of carbonyl (C=O) groups is 1. The highest BCUT2D eigenvalue weighted by Gasteiger charge is 2.17. The molecule has 1 rings (SSSR count). The quantitative estimate of drug-likeness (QED) is 0.712. The van der Waals surface area contributed by atoms with Crippen molar-refractivity contribution in [1.29, 1.82) is 0 Å². The normalized spacial score (nSPS) is 12.2. The van der Waals surface area contributed by atoms with Crippen LogP contribution in [0.1, 0.15) is 12.5 Å². The molecule has 0 fully saturated rings. The van der Waals surface area contributed by atoms with Gasteiger partial charge in [-0.1, -0.05) is 30.3 Å². The molecule has 0 bridgehead atoms. The van der Waals surface area contributed by atoms with Crippen LogP contribution in [0.2, 0.25) is 0 Å². The van der Waals surface area contributed by atoms with E-state index in [0.717, 1.165) is 10.6 Å². The second-order valence-electron chi connectivity index (χ2n) is 3.46. The van der Waals surface area contributed by atoms with Crippen molar-refractivity contribution in [2.75, 3.05) is 14.2 Å². The van der Waals surface area contributed by atoms with E-state index in [-0.39, 0.29) is 5.91 Å². The van der Waals surface area contributed by atoms with Gasteiger partial charge in [0.1, 0.15) is 6.10 Å². The second kappa shape index (κ2) is 6.25. The Morgan fingerprint density at radius 2 is 2.00 bits per heavy atom. The largest absolute Gasteiger partial charge is 0.364 e. The molecular formula is C12H17NO3. The summed E-state index contributed by atoms with van der Waals surface area (Å²) in [5.41, 5.74) is 1.04. The lowest BCUT2D eigenvalue weighted by molar-refractivity contribution is -0.180. The van der Waals surface area contributed by atoms with Crippen molar-refractivity contribution in [2.45, 2.75) is 19.6 Å². The number of rotatable bonds is 5. The first-order valence-corrected chi connectivity index (χ1v) is 5.12. The number of amides is 1. The van der Waals surface area contributed by atoms with Gasteiger partial charge in [0.2, 0.25) is 0 Å². The first-order valence-electron chi connectivity index (χ1n) is 5.12. The van der Waals surface area contributed by atoms with Crippen molar-refractivity contribution in [1.82, 2.24) is 5.06 Å². The number of benzene rings is 1. The Kier molecular flexibility index (Phi) is 4.95. The summed E-state index contributed by atoms with van der Waals surface area (Å²) in [4.78, 5) is 16.4. The number of hydrogen-bond donors (Lipinski definition) is 0. The van der Waals surface area contributed by atoms with Gasteiger partial charge in [0, 0.05) is 7.05 Å². The number of hydrogen-bond acceptors (Lipinski definition) is 3. The van der Waals surface area contributed by atoms with Crippen LogP contribution in [0.15, 0.2) is 30.3 Å². The van der Waals surface area contributed by atoms with Gasteiger partial charge in [-0.3, -0.25) is 9.63 Å². The zero-order valence-electron chi connectivity index (χ0n) is 9.84. The first kappa shape index (κ1) is 12.7. The molecule has 16 heavy (non-hydrogen) atoms. The fourth-order valence-corrected chi connectivity index (χ4v) is 1.21. The minimum atomic E-state index is -0.509. The summed E-state index contributed by atoms with van der Waals surface area (Å²) in [6.45, 7) is 2.13. The van der Waals surface area contributed by atoms with Crippen molar-refractivity contribution in [3.05, 3.63) is 35.9 Å². The Labute approximate surface area is 95.7 Å². The van der Waals surface area contributed by atoms with E-state index in [1.165, 1.54) is 7.11 Å². The van der Waals surface area contributed by atoms with Crippen LogP contribution in [0.3, 0.4) is 0 Å². The highest BCUT2D eigenvalue weighted by Crippen LogP contribution is 2.05. The third-order valence-electron chi connectivity index (χ3n) is 2.27. The van der Waals surface area contributed by atoms with Crippen LogP contribution in [-0.4, -0.2) is 31.2 Å². The average molecular weight is 223 g/mol. The SMILES string of the molecule is CON(C)C(=O)[C@@H](C)OCc1ccccc1. The molecule has 1 amide bonds. The number of likely N-dealkylation sites (N-methyl/N-ethyl adjacent to an activating group) is 1. The molecule has 0 saturated carbocycles. The lowest BCUT2D eigenvalue weighted by Gasteiger charge is -2.18. The molecule has 0 heterocycles. The molecule has 0 aromatic heterocycles. The molecule has 4 heteroatoms. The molecule has 0 saturated heterocycles. The van der Waals surface area contributed by atoms with Crippen LogP contribution in [0.5, 0.6) is 0 Å². The zero-order valence-corrected chi connectivity index (χ0v) is 9.84. The summed E-state index contributed by atoms with van der Waals surface area (Å²) in [5, 5.41) is 1.16. The Morgan fingerprint density at radius 3 is 2.56 bits per heavy atom. The van der Waals surface area contributed by atoms with E-state index in [4.69, 9.17) is 9.57 Å². The van der Waals surface area contributed by atoms with Gasteiger partial charge in [-0.2, -0.15) is 0 Å². The summed E-state index contributed by atoms with van der Waals surface area (Å²) in [6.07, 6.45) is -0.509. The van der Waals surface area contributed by atoms with Gasteiger partial charge in [-0.25, -0.2) is 5.06 Å². The van der Waals surface area contributed by atoms with Crippen LogP contribution < -0.4 is 0 Å². The van der Waals surface area contributed by atoms with Gasteiger partial charge in [-0.05, 0) is 12.5 Å². The van der Waals surface area contributed by atoms with Gasteiger partial charge in [0.05, 0.1) is 13.7 Å². The topological polar surface area (TPSA) is 38.8 Å². The van der Waals surface area contributed by atoms with E-state index in [1.807, 2.05) is 30.3 Å². The lowest BCUT2D eigenvalue weighted by atomic mass is 10.2. The maximum Gasteiger partial charge on any atom is 0.274 e. The minimum absolute atomic E-state index is 0.196. The Balaban J connectivity index is 2.41. The molecule has 0 radical (unpaired) electrons. The van der Waals surface area contributed by atoms with Gasteiger partial charge >= 0.3 is 0 Å². The van der Waals surface area contributed by atoms with E-state index in [0.29, 0.717) is 6.61 Å². The second-order valence-corrected chi connectivity index (χ2v) is 3.46. The highest BCUT2D eigenvalue weighted by molar-refractivity contribution is 5.79. The molecule has 0 N–H and O–H groups in total. The third kappa shape index (κ3) is 3.64. The number of hydroxylamine groups is 2. The fraction of sp³-hybridized carbons (Fsp3) is 0.417. The van der Waals surface area contributed by atoms with Crippen molar-refractivity contribution in [2.24, 2.45) is 0 Å². The Hall–Kier alpha value is -1.39. The highest BCUT2D eigenvalue weighted by atomic mass is 16.7. The van der Waals surface area contributed by atoms with Gasteiger partial charge in [0.15, 0.2) is 0 Å². The fourth-order valence-electron chi connectivity index (χ4n) is 1.21. The van der Waals surface area contributed by atoms with E-state index >= 15 is 0 Å². The molecule has 88 valence electrons. The predicted octanol–water partition coefficient (Wildman–Crippen LogP) is 1.61. The van der Waals surface area contributed by atoms with Crippen molar-refractivity contribution in [3.63, 3.8) is 0 Å². The van der Waals surface area contributed by atoms with Crippen LogP contribution in [0.4, 0.5) is 0 Å². The monoisotopic (exact) mass is 223 g/mol. The van der Waals surface area contributed by atoms with Crippen molar-refractivity contribution >= 4 is 5.91 Å². The van der Waals surface area contributed by atoms with Gasteiger partial charge < -0.3 is 4.74 Å². The molecular weight excluding hydrogens is 206 g/mol. The number of ether oxygens (including phenoxy) is 1. The van der Waals surface area contributed by atoms with Crippen molar-refractivity contribution in [3.8, 4) is 0 Å². The summed E-state index contributed by atoms with van der Waals surface area (Å²) < 4.78 is 5.44. The molecule has 0 aliphatic carbocycles. The standard InChI is InChI=1S/C12H17NO3/c1-10(12(14)13(2)15-3)16-9-11-7-5-4-6-8-11/h4-8,10H,9H2,1-3H3/t10-/m1/s1. The summed E-state index contributed by atoms with van der Waals surface area (Å²) in [7, 11) is 3.01. The maximum absolute atomic E-state index is 11.6. The lowest BCUT2D eigenvalue weighted by Crippen LogP contribution is -2.35. The van der Waals surface area contributed by atoms with Crippen LogP contribution in [0, 0.1) is 0 Å². The van der Waals surface area contributed by atoms with Gasteiger partial charge in [0.25, 0.3) is 5.91 Å². The maximum atomic E-state index is 11.6. The molecule has 4 nitrogen and oxygen atoms in total. The smallest absolute Gasteiger partial charge is 0.274 e. The predicted molar refractivity (Wildman–Crippen MR) is 60.5 cm³/mol. The van der Waals surface area contributed by atoms with E-state index in [1.54, 1.807) is 14.0 Å². The minimum Gasteiger partial charge on any atom is -0.364 e. The van der Waals surface area contributed by atoms with Crippen LogP contribution >= 0.6 is 0 Å². The molecule has 0 aliphatic rings. The number of carbonyl (C=O) groups excluding carboxylic acids is 1. The van der Waals surface area contributed by atoms with E-state index in [2.05, 4.69) is 0 Å². The summed E-state index contributed by atoms with van der Waals surface area (Å²) >= 11 is 0. The van der Waals surface area contributed by atoms with Gasteiger partial charge in [-0.15, -0.1) is 0 Å². The average Bonchev–Trinajstić information content (AvgIpc) is 2.35.